The number of nitrogens with one attached hydrogen (secondary N) is 1. The van der Waals surface area contributed by atoms with Crippen molar-refractivity contribution >= 4 is 34.9 Å². The summed E-state index contributed by atoms with van der Waals surface area (Å²) in [6.45, 7) is 0. The van der Waals surface area contributed by atoms with Crippen LogP contribution in [-0.4, -0.2) is 21.0 Å². The molecule has 2 aromatic rings. The molecule has 0 saturated carbocycles. The molecular formula is C12H9Cl2N3O2. The zero-order valence-electron chi connectivity index (χ0n) is 9.60. The van der Waals surface area contributed by atoms with E-state index in [0.29, 0.717) is 5.56 Å². The van der Waals surface area contributed by atoms with E-state index < -0.39 is 0 Å². The van der Waals surface area contributed by atoms with E-state index in [9.17, 15) is 9.90 Å². The van der Waals surface area contributed by atoms with Crippen LogP contribution in [0.25, 0.3) is 0 Å². The van der Waals surface area contributed by atoms with Gasteiger partial charge in [-0.15, -0.1) is 0 Å². The number of anilines is 1. The number of halogens is 2. The fourth-order valence-electron chi connectivity index (χ4n) is 1.49. The highest BCUT2D eigenvalue weighted by atomic mass is 35.5. The number of phenolic OH excluding ortho intramolecular Hbond substituents is 1. The Morgan fingerprint density at radius 2 is 2.05 bits per heavy atom. The van der Waals surface area contributed by atoms with E-state index in [2.05, 4.69) is 15.3 Å². The van der Waals surface area contributed by atoms with Crippen LogP contribution in [0, 0.1) is 0 Å². The van der Waals surface area contributed by atoms with Gasteiger partial charge in [-0.3, -0.25) is 4.79 Å². The van der Waals surface area contributed by atoms with E-state index in [0.717, 1.165) is 0 Å². The number of amides is 1. The molecule has 1 aromatic carbocycles. The summed E-state index contributed by atoms with van der Waals surface area (Å²) in [6, 6.07) is 7.84. The maximum Gasteiger partial charge on any atom is 0.229 e. The first-order valence-corrected chi connectivity index (χ1v) is 6.06. The highest BCUT2D eigenvalue weighted by molar-refractivity contribution is 6.32. The Kier molecular flexibility index (Phi) is 4.19. The van der Waals surface area contributed by atoms with Crippen LogP contribution in [0.2, 0.25) is 10.4 Å². The van der Waals surface area contributed by atoms with Gasteiger partial charge in [0.2, 0.25) is 11.2 Å². The van der Waals surface area contributed by atoms with Crippen molar-refractivity contribution < 1.29 is 9.90 Å². The minimum absolute atomic E-state index is 0.0415. The summed E-state index contributed by atoms with van der Waals surface area (Å²) in [5.41, 5.74) is 0.684. The van der Waals surface area contributed by atoms with Gasteiger partial charge in [-0.1, -0.05) is 23.7 Å². The van der Waals surface area contributed by atoms with Crippen LogP contribution in [-0.2, 0) is 11.2 Å². The molecule has 98 valence electrons. The highest BCUT2D eigenvalue weighted by Gasteiger charge is 2.07. The number of benzene rings is 1. The highest BCUT2D eigenvalue weighted by Crippen LogP contribution is 2.15. The summed E-state index contributed by atoms with van der Waals surface area (Å²) in [4.78, 5) is 19.3. The summed E-state index contributed by atoms with van der Waals surface area (Å²) in [5.74, 6) is 0.0463. The Labute approximate surface area is 119 Å². The molecule has 1 aromatic heterocycles. The molecule has 2 N–H and O–H groups in total. The Bertz CT molecular complexity index is 599. The van der Waals surface area contributed by atoms with Gasteiger partial charge in [0.1, 0.15) is 16.7 Å². The Morgan fingerprint density at radius 1 is 1.26 bits per heavy atom. The molecule has 0 unspecified atom stereocenters. The summed E-state index contributed by atoms with van der Waals surface area (Å²) in [5, 5.41) is 12.0. The smallest absolute Gasteiger partial charge is 0.229 e. The molecule has 0 atom stereocenters. The monoisotopic (exact) mass is 297 g/mol. The zero-order valence-corrected chi connectivity index (χ0v) is 11.1. The van der Waals surface area contributed by atoms with Gasteiger partial charge in [0.05, 0.1) is 6.42 Å². The molecule has 1 heterocycles. The molecule has 0 aliphatic rings. The fourth-order valence-corrected chi connectivity index (χ4v) is 1.90. The van der Waals surface area contributed by atoms with Crippen molar-refractivity contribution in [3.8, 4) is 5.75 Å². The van der Waals surface area contributed by atoms with Crippen LogP contribution in [0.1, 0.15) is 5.56 Å². The van der Waals surface area contributed by atoms with Crippen LogP contribution < -0.4 is 5.32 Å². The standard InChI is InChI=1S/C12H9Cl2N3O2/c13-9-6-10(17-12(14)15-9)16-11(19)5-7-2-1-3-8(18)4-7/h1-4,6,18H,5H2,(H,15,16,17,19). The molecule has 0 fully saturated rings. The third-order valence-corrected chi connectivity index (χ3v) is 2.57. The number of nitrogens with zero attached hydrogens (tertiary/aromatic N) is 2. The van der Waals surface area contributed by atoms with Crippen LogP contribution in [0.4, 0.5) is 5.82 Å². The normalized spacial score (nSPS) is 10.2. The molecule has 5 nitrogen and oxygen atoms in total. The lowest BCUT2D eigenvalue weighted by Crippen LogP contribution is -2.15. The van der Waals surface area contributed by atoms with Crippen LogP contribution in [0.3, 0.4) is 0 Å². The van der Waals surface area contributed by atoms with Gasteiger partial charge < -0.3 is 10.4 Å². The van der Waals surface area contributed by atoms with Gasteiger partial charge in [-0.2, -0.15) is 0 Å². The summed E-state index contributed by atoms with van der Waals surface area (Å²) < 4.78 is 0. The summed E-state index contributed by atoms with van der Waals surface area (Å²) in [6.07, 6.45) is 0.105. The minimum Gasteiger partial charge on any atom is -0.508 e. The maximum absolute atomic E-state index is 11.8. The molecule has 0 aliphatic heterocycles. The largest absolute Gasteiger partial charge is 0.508 e. The number of phenols is 1. The second-order valence-corrected chi connectivity index (χ2v) is 4.47. The SMILES string of the molecule is O=C(Cc1cccc(O)c1)Nc1cc(Cl)nc(Cl)n1. The van der Waals surface area contributed by atoms with Crippen molar-refractivity contribution in [2.45, 2.75) is 6.42 Å². The number of carbonyl (C=O) groups is 1. The summed E-state index contributed by atoms with van der Waals surface area (Å²) >= 11 is 11.3. The van der Waals surface area contributed by atoms with Gasteiger partial charge in [0, 0.05) is 6.07 Å². The number of hydrogen-bond acceptors (Lipinski definition) is 4. The lowest BCUT2D eigenvalue weighted by atomic mass is 10.1. The Morgan fingerprint density at radius 3 is 2.74 bits per heavy atom. The molecule has 0 spiro atoms. The molecule has 7 heteroatoms. The zero-order chi connectivity index (χ0) is 13.8. The average molecular weight is 298 g/mol. The molecular weight excluding hydrogens is 289 g/mol. The van der Waals surface area contributed by atoms with E-state index in [1.807, 2.05) is 0 Å². The topological polar surface area (TPSA) is 75.1 Å². The van der Waals surface area contributed by atoms with Gasteiger partial charge in [-0.05, 0) is 29.3 Å². The average Bonchev–Trinajstić information content (AvgIpc) is 2.26. The number of hydrogen-bond donors (Lipinski definition) is 2. The third-order valence-electron chi connectivity index (χ3n) is 2.21. The first kappa shape index (κ1) is 13.6. The van der Waals surface area contributed by atoms with Crippen molar-refractivity contribution in [1.82, 2.24) is 9.97 Å². The minimum atomic E-state index is -0.295. The Balaban J connectivity index is 2.05. The van der Waals surface area contributed by atoms with E-state index >= 15 is 0 Å². The number of rotatable bonds is 3. The van der Waals surface area contributed by atoms with Crippen molar-refractivity contribution in [2.24, 2.45) is 0 Å². The number of carbonyl (C=O) groups excluding carboxylic acids is 1. The molecule has 0 radical (unpaired) electrons. The second-order valence-electron chi connectivity index (χ2n) is 3.74. The predicted octanol–water partition coefficient (Wildman–Crippen LogP) is 2.67. The molecule has 0 aliphatic carbocycles. The van der Waals surface area contributed by atoms with Crippen LogP contribution >= 0.6 is 23.2 Å². The predicted molar refractivity (Wildman–Crippen MR) is 72.5 cm³/mol. The molecule has 2 rings (SSSR count). The summed E-state index contributed by atoms with van der Waals surface area (Å²) in [7, 11) is 0. The Hall–Kier alpha value is -1.85. The van der Waals surface area contributed by atoms with E-state index in [1.165, 1.54) is 18.2 Å². The number of aromatic hydroxyl groups is 1. The fraction of sp³-hybridized carbons (Fsp3) is 0.0833. The van der Waals surface area contributed by atoms with Gasteiger partial charge in [-0.25, -0.2) is 9.97 Å². The van der Waals surface area contributed by atoms with E-state index in [-0.39, 0.29) is 34.3 Å². The molecule has 19 heavy (non-hydrogen) atoms. The van der Waals surface area contributed by atoms with Crippen molar-refractivity contribution in [2.75, 3.05) is 5.32 Å². The first-order chi connectivity index (χ1) is 9.02. The molecule has 1 amide bonds. The van der Waals surface area contributed by atoms with Gasteiger partial charge >= 0.3 is 0 Å². The van der Waals surface area contributed by atoms with Crippen molar-refractivity contribution in [3.05, 3.63) is 46.3 Å². The molecule has 0 saturated heterocycles. The van der Waals surface area contributed by atoms with Crippen LogP contribution in [0.15, 0.2) is 30.3 Å². The van der Waals surface area contributed by atoms with E-state index in [4.69, 9.17) is 23.2 Å². The number of aromatic nitrogens is 2. The third kappa shape index (κ3) is 4.08. The quantitative estimate of drug-likeness (QED) is 0.675. The van der Waals surface area contributed by atoms with E-state index in [1.54, 1.807) is 12.1 Å². The van der Waals surface area contributed by atoms with Crippen molar-refractivity contribution in [1.29, 1.82) is 0 Å². The second kappa shape index (κ2) is 5.86. The first-order valence-electron chi connectivity index (χ1n) is 5.31. The molecule has 0 bridgehead atoms. The van der Waals surface area contributed by atoms with Gasteiger partial charge in [0.15, 0.2) is 0 Å². The maximum atomic E-state index is 11.8. The van der Waals surface area contributed by atoms with Crippen LogP contribution in [0.5, 0.6) is 5.75 Å². The van der Waals surface area contributed by atoms with Crippen molar-refractivity contribution in [3.63, 3.8) is 0 Å². The van der Waals surface area contributed by atoms with Gasteiger partial charge in [0.25, 0.3) is 0 Å². The lowest BCUT2D eigenvalue weighted by Gasteiger charge is -2.05. The lowest BCUT2D eigenvalue weighted by molar-refractivity contribution is -0.115.